The van der Waals surface area contributed by atoms with Crippen molar-refractivity contribution in [2.45, 2.75) is 32.2 Å². The minimum atomic E-state index is -0.513. The highest BCUT2D eigenvalue weighted by Crippen LogP contribution is 2.16. The second-order valence-electron chi connectivity index (χ2n) is 5.49. The van der Waals surface area contributed by atoms with Gasteiger partial charge < -0.3 is 20.9 Å². The lowest BCUT2D eigenvalue weighted by Crippen LogP contribution is -2.43. The summed E-state index contributed by atoms with van der Waals surface area (Å²) in [6.45, 7) is 2.83. The summed E-state index contributed by atoms with van der Waals surface area (Å²) < 4.78 is 19.2. The van der Waals surface area contributed by atoms with Crippen LogP contribution in [-0.4, -0.2) is 23.8 Å². The van der Waals surface area contributed by atoms with E-state index in [-0.39, 0.29) is 18.5 Å². The maximum atomic E-state index is 13.6. The van der Waals surface area contributed by atoms with E-state index in [1.165, 1.54) is 6.07 Å². The van der Waals surface area contributed by atoms with Crippen molar-refractivity contribution in [1.29, 1.82) is 0 Å². The molecule has 0 spiro atoms. The average molecular weight is 318 g/mol. The zero-order valence-electron chi connectivity index (χ0n) is 13.2. The molecule has 4 nitrogen and oxygen atoms in total. The van der Waals surface area contributed by atoms with E-state index < -0.39 is 6.10 Å². The molecule has 2 rings (SSSR count). The minimum Gasteiger partial charge on any atom is -0.489 e. The standard InChI is InChI=1S/C18H23FN2O2/c1-13(22)18(10-20)21-11-14-5-4-7-16(9-14)23-12-15-6-2-3-8-17(15)19/h2-9,13,18,21-22H,10-12,20H2,1H3. The van der Waals surface area contributed by atoms with Crippen LogP contribution in [0.2, 0.25) is 0 Å². The summed E-state index contributed by atoms with van der Waals surface area (Å²) in [5, 5.41) is 12.8. The van der Waals surface area contributed by atoms with Gasteiger partial charge in [0.1, 0.15) is 18.2 Å². The number of halogens is 1. The van der Waals surface area contributed by atoms with Gasteiger partial charge >= 0.3 is 0 Å². The van der Waals surface area contributed by atoms with Gasteiger partial charge in [0, 0.05) is 24.7 Å². The first-order valence-corrected chi connectivity index (χ1v) is 7.67. The van der Waals surface area contributed by atoms with Crippen molar-refractivity contribution >= 4 is 0 Å². The van der Waals surface area contributed by atoms with Crippen molar-refractivity contribution in [2.24, 2.45) is 5.73 Å². The molecule has 0 radical (unpaired) electrons. The van der Waals surface area contributed by atoms with E-state index in [1.807, 2.05) is 24.3 Å². The number of benzene rings is 2. The van der Waals surface area contributed by atoms with Crippen LogP contribution in [0.15, 0.2) is 48.5 Å². The highest BCUT2D eigenvalue weighted by Gasteiger charge is 2.12. The number of rotatable bonds is 8. The lowest BCUT2D eigenvalue weighted by molar-refractivity contribution is 0.147. The Morgan fingerprint density at radius 1 is 1.22 bits per heavy atom. The molecule has 2 atom stereocenters. The van der Waals surface area contributed by atoms with E-state index in [9.17, 15) is 9.50 Å². The van der Waals surface area contributed by atoms with E-state index in [4.69, 9.17) is 10.5 Å². The Morgan fingerprint density at radius 3 is 2.70 bits per heavy atom. The largest absolute Gasteiger partial charge is 0.489 e. The van der Waals surface area contributed by atoms with Crippen LogP contribution >= 0.6 is 0 Å². The van der Waals surface area contributed by atoms with Crippen LogP contribution in [0.5, 0.6) is 5.75 Å². The van der Waals surface area contributed by atoms with Gasteiger partial charge in [0.05, 0.1) is 6.10 Å². The molecular weight excluding hydrogens is 295 g/mol. The van der Waals surface area contributed by atoms with Crippen molar-refractivity contribution in [2.75, 3.05) is 6.54 Å². The monoisotopic (exact) mass is 318 g/mol. The van der Waals surface area contributed by atoms with Gasteiger partial charge in [-0.1, -0.05) is 30.3 Å². The predicted octanol–water partition coefficient (Wildman–Crippen LogP) is 2.20. The van der Waals surface area contributed by atoms with Crippen LogP contribution < -0.4 is 15.8 Å². The lowest BCUT2D eigenvalue weighted by Gasteiger charge is -2.19. The third kappa shape index (κ3) is 5.32. The van der Waals surface area contributed by atoms with E-state index >= 15 is 0 Å². The fourth-order valence-corrected chi connectivity index (χ4v) is 2.22. The van der Waals surface area contributed by atoms with E-state index in [0.29, 0.717) is 24.4 Å². The maximum absolute atomic E-state index is 13.6. The molecule has 2 aromatic rings. The molecule has 4 N–H and O–H groups in total. The van der Waals surface area contributed by atoms with Gasteiger partial charge in [0.15, 0.2) is 0 Å². The Labute approximate surface area is 136 Å². The molecule has 2 aromatic carbocycles. The summed E-state index contributed by atoms with van der Waals surface area (Å²) in [6.07, 6.45) is -0.513. The van der Waals surface area contributed by atoms with Crippen LogP contribution in [-0.2, 0) is 13.2 Å². The summed E-state index contributed by atoms with van der Waals surface area (Å²) >= 11 is 0. The number of nitrogens with one attached hydrogen (secondary N) is 1. The van der Waals surface area contributed by atoms with Crippen LogP contribution in [0.3, 0.4) is 0 Å². The molecule has 0 bridgehead atoms. The number of aliphatic hydroxyl groups is 1. The summed E-state index contributed by atoms with van der Waals surface area (Å²) in [5.41, 5.74) is 7.14. The normalized spacial score (nSPS) is 13.6. The van der Waals surface area contributed by atoms with Gasteiger partial charge in [-0.3, -0.25) is 0 Å². The first-order valence-electron chi connectivity index (χ1n) is 7.67. The van der Waals surface area contributed by atoms with Gasteiger partial charge in [-0.15, -0.1) is 0 Å². The van der Waals surface area contributed by atoms with Gasteiger partial charge in [0.25, 0.3) is 0 Å². The molecule has 23 heavy (non-hydrogen) atoms. The molecule has 0 heterocycles. The Kier molecular flexibility index (Phi) is 6.52. The molecule has 124 valence electrons. The summed E-state index contributed by atoms with van der Waals surface area (Å²) in [5.74, 6) is 0.405. The highest BCUT2D eigenvalue weighted by molar-refractivity contribution is 5.29. The van der Waals surface area contributed by atoms with Crippen LogP contribution in [0, 0.1) is 5.82 Å². The van der Waals surface area contributed by atoms with E-state index in [2.05, 4.69) is 5.32 Å². The van der Waals surface area contributed by atoms with Gasteiger partial charge in [0.2, 0.25) is 0 Å². The first kappa shape index (κ1) is 17.4. The average Bonchev–Trinajstić information content (AvgIpc) is 2.55. The molecule has 0 aliphatic rings. The molecule has 0 aliphatic heterocycles. The predicted molar refractivity (Wildman–Crippen MR) is 88.5 cm³/mol. The lowest BCUT2D eigenvalue weighted by atomic mass is 10.1. The van der Waals surface area contributed by atoms with Crippen molar-refractivity contribution in [3.05, 3.63) is 65.5 Å². The van der Waals surface area contributed by atoms with Gasteiger partial charge in [-0.2, -0.15) is 0 Å². The van der Waals surface area contributed by atoms with E-state index in [1.54, 1.807) is 25.1 Å². The summed E-state index contributed by atoms with van der Waals surface area (Å²) in [4.78, 5) is 0. The molecule has 0 saturated heterocycles. The Bertz CT molecular complexity index is 619. The quantitative estimate of drug-likeness (QED) is 0.698. The molecular formula is C18H23FN2O2. The zero-order valence-corrected chi connectivity index (χ0v) is 13.2. The molecule has 2 unspecified atom stereocenters. The number of hydrogen-bond acceptors (Lipinski definition) is 4. The van der Waals surface area contributed by atoms with E-state index in [0.717, 1.165) is 5.56 Å². The molecule has 0 saturated carbocycles. The Balaban J connectivity index is 1.93. The van der Waals surface area contributed by atoms with Crippen molar-refractivity contribution in [3.8, 4) is 5.75 Å². The zero-order chi connectivity index (χ0) is 16.7. The number of hydrogen-bond donors (Lipinski definition) is 3. The topological polar surface area (TPSA) is 67.5 Å². The van der Waals surface area contributed by atoms with Crippen molar-refractivity contribution in [3.63, 3.8) is 0 Å². The van der Waals surface area contributed by atoms with Crippen molar-refractivity contribution < 1.29 is 14.2 Å². The maximum Gasteiger partial charge on any atom is 0.129 e. The third-order valence-corrected chi connectivity index (χ3v) is 3.66. The first-order chi connectivity index (χ1) is 11.1. The smallest absolute Gasteiger partial charge is 0.129 e. The fraction of sp³-hybridized carbons (Fsp3) is 0.333. The molecule has 0 aromatic heterocycles. The fourth-order valence-electron chi connectivity index (χ4n) is 2.22. The summed E-state index contributed by atoms with van der Waals surface area (Å²) in [6, 6.07) is 14.0. The Morgan fingerprint density at radius 2 is 2.00 bits per heavy atom. The minimum absolute atomic E-state index is 0.155. The number of nitrogens with two attached hydrogens (primary N) is 1. The number of aliphatic hydroxyl groups excluding tert-OH is 1. The SMILES string of the molecule is CC(O)C(CN)NCc1cccc(OCc2ccccc2F)c1. The van der Waals surface area contributed by atoms with Crippen molar-refractivity contribution in [1.82, 2.24) is 5.32 Å². The third-order valence-electron chi connectivity index (χ3n) is 3.66. The van der Waals surface area contributed by atoms with Crippen LogP contribution in [0.4, 0.5) is 4.39 Å². The molecule has 0 fully saturated rings. The van der Waals surface area contributed by atoms with Crippen LogP contribution in [0.25, 0.3) is 0 Å². The molecule has 0 aliphatic carbocycles. The Hall–Kier alpha value is -1.95. The second kappa shape index (κ2) is 8.62. The molecule has 0 amide bonds. The van der Waals surface area contributed by atoms with Gasteiger partial charge in [-0.05, 0) is 30.7 Å². The second-order valence-corrected chi connectivity index (χ2v) is 5.49. The van der Waals surface area contributed by atoms with Crippen LogP contribution in [0.1, 0.15) is 18.1 Å². The highest BCUT2D eigenvalue weighted by atomic mass is 19.1. The molecule has 5 heteroatoms. The summed E-state index contributed by atoms with van der Waals surface area (Å²) in [7, 11) is 0. The number of ether oxygens (including phenoxy) is 1. The van der Waals surface area contributed by atoms with Gasteiger partial charge in [-0.25, -0.2) is 4.39 Å².